The molecule has 0 aliphatic carbocycles. The molecule has 0 radical (unpaired) electrons. The second kappa shape index (κ2) is 10.5. The normalized spacial score (nSPS) is 15.2. The Morgan fingerprint density at radius 1 is 1.12 bits per heavy atom. The molecule has 4 rings (SSSR count). The van der Waals surface area contributed by atoms with Crippen LogP contribution in [0.15, 0.2) is 48.7 Å². The predicted molar refractivity (Wildman–Crippen MR) is 130 cm³/mol. The lowest BCUT2D eigenvalue weighted by Crippen LogP contribution is -2.35. The van der Waals surface area contributed by atoms with Crippen LogP contribution >= 0.6 is 11.6 Å². The molecule has 3 aromatic rings. The van der Waals surface area contributed by atoms with E-state index in [2.05, 4.69) is 4.98 Å². The van der Waals surface area contributed by atoms with Gasteiger partial charge in [-0.15, -0.1) is 0 Å². The summed E-state index contributed by atoms with van der Waals surface area (Å²) < 4.78 is 93.5. The van der Waals surface area contributed by atoms with Crippen LogP contribution in [0.25, 0.3) is 0 Å². The maximum atomic E-state index is 14.3. The molecule has 0 fully saturated rings. The number of aromatic carboxylic acids is 1. The highest BCUT2D eigenvalue weighted by Gasteiger charge is 2.45. The molecule has 0 saturated carbocycles. The molecule has 14 heteroatoms. The summed E-state index contributed by atoms with van der Waals surface area (Å²) >= 11 is 6.30. The van der Waals surface area contributed by atoms with Crippen LogP contribution in [-0.2, 0) is 11.0 Å². The SMILES string of the molecule is CC(c1ccc(Oc2cc(C(F)(F)F)c(C(=O)O)cn2)cc1Cl)C(c1ccc2c(c1)N(C)C(=O)CO2)C(F)(F)F. The molecule has 212 valence electrons. The van der Waals surface area contributed by atoms with E-state index in [-0.39, 0.29) is 39.9 Å². The average molecular weight is 589 g/mol. The third-order valence-corrected chi connectivity index (χ3v) is 6.71. The van der Waals surface area contributed by atoms with Gasteiger partial charge in [-0.3, -0.25) is 4.79 Å². The molecular formula is C26H19ClF6N2O5. The van der Waals surface area contributed by atoms with E-state index in [1.54, 1.807) is 0 Å². The van der Waals surface area contributed by atoms with Crippen molar-refractivity contribution in [2.45, 2.75) is 31.1 Å². The highest BCUT2D eigenvalue weighted by molar-refractivity contribution is 6.31. The van der Waals surface area contributed by atoms with E-state index in [0.29, 0.717) is 12.3 Å². The zero-order valence-corrected chi connectivity index (χ0v) is 21.4. The number of amides is 1. The van der Waals surface area contributed by atoms with E-state index < -0.39 is 53.1 Å². The summed E-state index contributed by atoms with van der Waals surface area (Å²) in [6, 6.07) is 7.82. The van der Waals surface area contributed by atoms with Gasteiger partial charge in [0.2, 0.25) is 5.88 Å². The largest absolute Gasteiger partial charge is 0.482 e. The number of benzene rings is 2. The Bertz CT molecular complexity index is 1480. The third-order valence-electron chi connectivity index (χ3n) is 6.38. The number of carbonyl (C=O) groups excluding carboxylic acids is 1. The molecule has 40 heavy (non-hydrogen) atoms. The van der Waals surface area contributed by atoms with E-state index in [4.69, 9.17) is 26.2 Å². The van der Waals surface area contributed by atoms with Crippen LogP contribution in [0.5, 0.6) is 17.4 Å². The molecule has 0 bridgehead atoms. The monoisotopic (exact) mass is 588 g/mol. The van der Waals surface area contributed by atoms with Crippen LogP contribution in [0.1, 0.15) is 45.8 Å². The van der Waals surface area contributed by atoms with Crippen molar-refractivity contribution in [1.82, 2.24) is 4.98 Å². The number of pyridine rings is 1. The summed E-state index contributed by atoms with van der Waals surface area (Å²) in [5, 5.41) is 8.83. The zero-order valence-electron chi connectivity index (χ0n) is 20.6. The Kier molecular flexibility index (Phi) is 7.63. The van der Waals surface area contributed by atoms with Gasteiger partial charge < -0.3 is 19.5 Å². The zero-order chi connectivity index (χ0) is 29.6. The summed E-state index contributed by atoms with van der Waals surface area (Å²) in [5.74, 6) is -6.03. The molecule has 1 aliphatic rings. The van der Waals surface area contributed by atoms with Gasteiger partial charge in [0.25, 0.3) is 5.91 Å². The number of halogens is 7. The highest BCUT2D eigenvalue weighted by atomic mass is 35.5. The molecule has 1 N–H and O–H groups in total. The van der Waals surface area contributed by atoms with Crippen LogP contribution in [0.2, 0.25) is 5.02 Å². The second-order valence-corrected chi connectivity index (χ2v) is 9.34. The van der Waals surface area contributed by atoms with Crippen molar-refractivity contribution >= 4 is 29.2 Å². The first-order chi connectivity index (χ1) is 18.6. The molecule has 2 atom stereocenters. The summed E-state index contributed by atoms with van der Waals surface area (Å²) in [4.78, 5) is 27.9. The number of alkyl halides is 6. The number of fused-ring (bicyclic) bond motifs is 1. The smallest absolute Gasteiger partial charge is 0.417 e. The maximum Gasteiger partial charge on any atom is 0.417 e. The van der Waals surface area contributed by atoms with Crippen molar-refractivity contribution in [2.24, 2.45) is 0 Å². The molecule has 2 unspecified atom stereocenters. The van der Waals surface area contributed by atoms with Crippen molar-refractivity contribution in [3.05, 3.63) is 75.9 Å². The van der Waals surface area contributed by atoms with Crippen LogP contribution < -0.4 is 14.4 Å². The van der Waals surface area contributed by atoms with Crippen molar-refractivity contribution in [2.75, 3.05) is 18.6 Å². The minimum atomic E-state index is -5.01. The molecule has 0 spiro atoms. The van der Waals surface area contributed by atoms with Gasteiger partial charge in [0.1, 0.15) is 11.5 Å². The van der Waals surface area contributed by atoms with Crippen molar-refractivity contribution < 1.29 is 50.5 Å². The molecule has 2 aromatic carbocycles. The summed E-state index contributed by atoms with van der Waals surface area (Å²) in [5.41, 5.74) is -2.45. The van der Waals surface area contributed by atoms with Gasteiger partial charge in [0.05, 0.1) is 22.7 Å². The minimum absolute atomic E-state index is 0.0694. The molecular weight excluding hydrogens is 570 g/mol. The molecule has 1 aromatic heterocycles. The summed E-state index contributed by atoms with van der Waals surface area (Å²) in [6.07, 6.45) is -9.25. The van der Waals surface area contributed by atoms with Gasteiger partial charge in [-0.1, -0.05) is 30.7 Å². The average Bonchev–Trinajstić information content (AvgIpc) is 2.85. The molecule has 7 nitrogen and oxygen atoms in total. The van der Waals surface area contributed by atoms with Gasteiger partial charge in [-0.05, 0) is 41.3 Å². The lowest BCUT2D eigenvalue weighted by molar-refractivity contribution is -0.154. The number of rotatable bonds is 6. The Balaban J connectivity index is 1.65. The second-order valence-electron chi connectivity index (χ2n) is 8.93. The quantitative estimate of drug-likeness (QED) is 0.311. The first-order valence-electron chi connectivity index (χ1n) is 11.5. The molecule has 1 amide bonds. The summed E-state index contributed by atoms with van der Waals surface area (Å²) in [7, 11) is 1.43. The van der Waals surface area contributed by atoms with E-state index in [0.717, 1.165) is 6.07 Å². The maximum absolute atomic E-state index is 14.3. The number of likely N-dealkylation sites (N-methyl/N-ethyl adjacent to an activating group) is 1. The number of carboxylic acid groups (broad SMARTS) is 1. The van der Waals surface area contributed by atoms with Crippen LogP contribution in [-0.4, -0.2) is 41.8 Å². The van der Waals surface area contributed by atoms with Crippen LogP contribution in [0.4, 0.5) is 32.0 Å². The predicted octanol–water partition coefficient (Wildman–Crippen LogP) is 7.05. The van der Waals surface area contributed by atoms with Crippen molar-refractivity contribution in [1.29, 1.82) is 0 Å². The Labute approximate surface area is 227 Å². The van der Waals surface area contributed by atoms with Crippen LogP contribution in [0, 0.1) is 0 Å². The summed E-state index contributed by atoms with van der Waals surface area (Å²) in [6.45, 7) is 1.08. The first-order valence-corrected chi connectivity index (χ1v) is 11.8. The highest BCUT2D eigenvalue weighted by Crippen LogP contribution is 2.48. The Morgan fingerprint density at radius 3 is 2.42 bits per heavy atom. The Hall–Kier alpha value is -4.00. The van der Waals surface area contributed by atoms with E-state index >= 15 is 0 Å². The van der Waals surface area contributed by atoms with Gasteiger partial charge in [0.15, 0.2) is 6.61 Å². The van der Waals surface area contributed by atoms with E-state index in [1.807, 2.05) is 0 Å². The number of ether oxygens (including phenoxy) is 2. The van der Waals surface area contributed by atoms with Gasteiger partial charge in [0, 0.05) is 24.3 Å². The number of carbonyl (C=O) groups is 2. The minimum Gasteiger partial charge on any atom is -0.482 e. The number of hydrogen-bond donors (Lipinski definition) is 1. The lowest BCUT2D eigenvalue weighted by atomic mass is 9.81. The fourth-order valence-electron chi connectivity index (χ4n) is 4.38. The van der Waals surface area contributed by atoms with E-state index in [1.165, 1.54) is 49.2 Å². The first kappa shape index (κ1) is 29.0. The number of aromatic nitrogens is 1. The number of nitrogens with zero attached hydrogens (tertiary/aromatic N) is 2. The van der Waals surface area contributed by atoms with Gasteiger partial charge >= 0.3 is 18.3 Å². The molecule has 0 saturated heterocycles. The number of anilines is 1. The Morgan fingerprint density at radius 2 is 1.82 bits per heavy atom. The van der Waals surface area contributed by atoms with Gasteiger partial charge in [-0.2, -0.15) is 26.3 Å². The van der Waals surface area contributed by atoms with Gasteiger partial charge in [-0.25, -0.2) is 9.78 Å². The molecule has 1 aliphatic heterocycles. The van der Waals surface area contributed by atoms with Crippen molar-refractivity contribution in [3.8, 4) is 17.4 Å². The van der Waals surface area contributed by atoms with Crippen molar-refractivity contribution in [3.63, 3.8) is 0 Å². The lowest BCUT2D eigenvalue weighted by Gasteiger charge is -2.31. The van der Waals surface area contributed by atoms with Crippen LogP contribution in [0.3, 0.4) is 0 Å². The third kappa shape index (κ3) is 5.79. The number of carboxylic acids is 1. The fourth-order valence-corrected chi connectivity index (χ4v) is 4.72. The fraction of sp³-hybridized carbons (Fsp3) is 0.269. The standard InChI is InChI=1S/C26H19ClF6N2O5/c1-12(23(26(31,32)33)13-3-6-20-19(7-13)35(2)22(36)11-39-20)15-5-4-14(8-18(15)27)40-21-9-17(25(28,29)30)16(10-34-21)24(37)38/h3-10,12,23H,11H2,1-2H3,(H,37,38). The topological polar surface area (TPSA) is 89.0 Å². The molecule has 2 heterocycles. The van der Waals surface area contributed by atoms with E-state index in [9.17, 15) is 35.9 Å². The number of hydrogen-bond acceptors (Lipinski definition) is 5.